The Morgan fingerprint density at radius 1 is 0.939 bits per heavy atom. The molecule has 0 unspecified atom stereocenters. The van der Waals surface area contributed by atoms with E-state index in [0.29, 0.717) is 5.02 Å². The van der Waals surface area contributed by atoms with Crippen LogP contribution in [0, 0.1) is 6.92 Å². The number of hydrazone groups is 1. The highest BCUT2D eigenvalue weighted by molar-refractivity contribution is 6.34. The van der Waals surface area contributed by atoms with Gasteiger partial charge in [-0.3, -0.25) is 9.59 Å². The van der Waals surface area contributed by atoms with E-state index >= 15 is 0 Å². The molecule has 33 heavy (non-hydrogen) atoms. The number of carbonyl (C=O) groups excluding carboxylic acids is 2. The van der Waals surface area contributed by atoms with Crippen molar-refractivity contribution in [1.82, 2.24) is 15.7 Å². The standard InChI is InChI=1S/C26H21ClN4O2/c1-17-21(19-11-6-8-14-23(19)29-17)16-28-31-26(33)24(15-18-9-3-2-4-10-18)30-25(32)20-12-5-7-13-22(20)27/h2-16,29H,1H3,(H,30,32)(H,31,33)/b24-15+,28-16?. The van der Waals surface area contributed by atoms with Crippen molar-refractivity contribution in [3.8, 4) is 0 Å². The molecule has 0 aliphatic rings. The van der Waals surface area contributed by atoms with Gasteiger partial charge in [-0.1, -0.05) is 72.3 Å². The van der Waals surface area contributed by atoms with Gasteiger partial charge in [0.2, 0.25) is 0 Å². The summed E-state index contributed by atoms with van der Waals surface area (Å²) in [5.74, 6) is -1.05. The number of benzene rings is 3. The number of para-hydroxylation sites is 1. The Morgan fingerprint density at radius 3 is 2.42 bits per heavy atom. The molecule has 0 saturated carbocycles. The van der Waals surface area contributed by atoms with Gasteiger partial charge in [0.1, 0.15) is 5.70 Å². The molecular weight excluding hydrogens is 436 g/mol. The molecule has 6 nitrogen and oxygen atoms in total. The highest BCUT2D eigenvalue weighted by Crippen LogP contribution is 2.20. The van der Waals surface area contributed by atoms with E-state index in [-0.39, 0.29) is 11.3 Å². The van der Waals surface area contributed by atoms with E-state index in [9.17, 15) is 9.59 Å². The molecule has 3 aromatic carbocycles. The largest absolute Gasteiger partial charge is 0.358 e. The zero-order valence-corrected chi connectivity index (χ0v) is 18.6. The van der Waals surface area contributed by atoms with Gasteiger partial charge in [0.05, 0.1) is 16.8 Å². The maximum atomic E-state index is 12.9. The van der Waals surface area contributed by atoms with Gasteiger partial charge in [-0.15, -0.1) is 0 Å². The van der Waals surface area contributed by atoms with Crippen LogP contribution in [-0.2, 0) is 4.79 Å². The van der Waals surface area contributed by atoms with Gasteiger partial charge in [0, 0.05) is 22.2 Å². The predicted octanol–water partition coefficient (Wildman–Crippen LogP) is 5.05. The SMILES string of the molecule is Cc1[nH]c2ccccc2c1C=NNC(=O)/C(=C\c1ccccc1)NC(=O)c1ccccc1Cl. The first-order chi connectivity index (χ1) is 16.0. The molecule has 1 aromatic heterocycles. The smallest absolute Gasteiger partial charge is 0.287 e. The van der Waals surface area contributed by atoms with Crippen LogP contribution in [0.1, 0.15) is 27.2 Å². The predicted molar refractivity (Wildman–Crippen MR) is 132 cm³/mol. The highest BCUT2D eigenvalue weighted by atomic mass is 35.5. The van der Waals surface area contributed by atoms with Gasteiger partial charge in [0.25, 0.3) is 11.8 Å². The van der Waals surface area contributed by atoms with Crippen LogP contribution >= 0.6 is 11.6 Å². The Labute approximate surface area is 196 Å². The number of fused-ring (bicyclic) bond motifs is 1. The van der Waals surface area contributed by atoms with Crippen molar-refractivity contribution in [3.05, 3.63) is 112 Å². The maximum absolute atomic E-state index is 12.9. The second kappa shape index (κ2) is 9.97. The molecule has 0 saturated heterocycles. The minimum absolute atomic E-state index is 0.0407. The minimum atomic E-state index is -0.562. The van der Waals surface area contributed by atoms with E-state index in [2.05, 4.69) is 20.8 Å². The van der Waals surface area contributed by atoms with Crippen LogP contribution in [0.2, 0.25) is 5.02 Å². The summed E-state index contributed by atoms with van der Waals surface area (Å²) in [7, 11) is 0. The lowest BCUT2D eigenvalue weighted by Gasteiger charge is -2.10. The van der Waals surface area contributed by atoms with Crippen LogP contribution in [0.5, 0.6) is 0 Å². The van der Waals surface area contributed by atoms with E-state index in [1.54, 1.807) is 36.6 Å². The first-order valence-electron chi connectivity index (χ1n) is 10.3. The van der Waals surface area contributed by atoms with Gasteiger partial charge in [0.15, 0.2) is 0 Å². The molecule has 0 bridgehead atoms. The molecule has 2 amide bonds. The number of aryl methyl sites for hydroxylation is 1. The number of H-pyrrole nitrogens is 1. The third kappa shape index (κ3) is 5.19. The topological polar surface area (TPSA) is 86.3 Å². The minimum Gasteiger partial charge on any atom is -0.358 e. The van der Waals surface area contributed by atoms with Gasteiger partial charge >= 0.3 is 0 Å². The van der Waals surface area contributed by atoms with E-state index < -0.39 is 11.8 Å². The maximum Gasteiger partial charge on any atom is 0.287 e. The zero-order chi connectivity index (χ0) is 23.2. The summed E-state index contributed by atoms with van der Waals surface area (Å²) < 4.78 is 0. The Kier molecular flexibility index (Phi) is 6.66. The summed E-state index contributed by atoms with van der Waals surface area (Å²) in [5.41, 5.74) is 6.35. The van der Waals surface area contributed by atoms with Crippen LogP contribution in [0.25, 0.3) is 17.0 Å². The molecule has 0 fully saturated rings. The monoisotopic (exact) mass is 456 g/mol. The number of halogens is 1. The molecule has 7 heteroatoms. The van der Waals surface area contributed by atoms with Crippen molar-refractivity contribution >= 4 is 46.6 Å². The fraction of sp³-hybridized carbons (Fsp3) is 0.0385. The molecule has 0 aliphatic carbocycles. The average Bonchev–Trinajstić information content (AvgIpc) is 3.14. The molecule has 0 spiro atoms. The Hall–Kier alpha value is -4.16. The van der Waals surface area contributed by atoms with Crippen molar-refractivity contribution in [3.63, 3.8) is 0 Å². The number of carbonyl (C=O) groups is 2. The first-order valence-corrected chi connectivity index (χ1v) is 10.6. The van der Waals surface area contributed by atoms with Crippen molar-refractivity contribution in [1.29, 1.82) is 0 Å². The van der Waals surface area contributed by atoms with Gasteiger partial charge < -0.3 is 10.3 Å². The molecule has 3 N–H and O–H groups in total. The van der Waals surface area contributed by atoms with Gasteiger partial charge in [-0.05, 0) is 36.8 Å². The van der Waals surface area contributed by atoms with Crippen molar-refractivity contribution in [2.75, 3.05) is 0 Å². The van der Waals surface area contributed by atoms with Crippen LogP contribution in [0.15, 0.2) is 89.7 Å². The third-order valence-electron chi connectivity index (χ3n) is 5.03. The fourth-order valence-electron chi connectivity index (χ4n) is 3.39. The summed E-state index contributed by atoms with van der Waals surface area (Å²) in [4.78, 5) is 29.0. The van der Waals surface area contributed by atoms with Crippen molar-refractivity contribution < 1.29 is 9.59 Å². The lowest BCUT2D eigenvalue weighted by molar-refractivity contribution is -0.117. The molecule has 0 atom stereocenters. The van der Waals surface area contributed by atoms with E-state index in [1.165, 1.54) is 0 Å². The van der Waals surface area contributed by atoms with E-state index in [0.717, 1.165) is 27.7 Å². The van der Waals surface area contributed by atoms with E-state index in [4.69, 9.17) is 11.6 Å². The highest BCUT2D eigenvalue weighted by Gasteiger charge is 2.16. The van der Waals surface area contributed by atoms with Crippen LogP contribution < -0.4 is 10.7 Å². The van der Waals surface area contributed by atoms with Crippen molar-refractivity contribution in [2.45, 2.75) is 6.92 Å². The van der Waals surface area contributed by atoms with Gasteiger partial charge in [-0.2, -0.15) is 5.10 Å². The number of nitrogens with one attached hydrogen (secondary N) is 3. The Bertz CT molecular complexity index is 1370. The lowest BCUT2D eigenvalue weighted by Crippen LogP contribution is -2.33. The normalized spacial score (nSPS) is 11.6. The van der Waals surface area contributed by atoms with Crippen LogP contribution in [0.3, 0.4) is 0 Å². The number of hydrogen-bond acceptors (Lipinski definition) is 3. The third-order valence-corrected chi connectivity index (χ3v) is 5.35. The number of amides is 2. The second-order valence-corrected chi connectivity index (χ2v) is 7.72. The first kappa shape index (κ1) is 22.0. The number of rotatable bonds is 6. The number of hydrogen-bond donors (Lipinski definition) is 3. The number of nitrogens with zero attached hydrogens (tertiary/aromatic N) is 1. The summed E-state index contributed by atoms with van der Waals surface area (Å²) in [5, 5.41) is 8.07. The van der Waals surface area contributed by atoms with E-state index in [1.807, 2.05) is 61.5 Å². The molecule has 164 valence electrons. The van der Waals surface area contributed by atoms with Gasteiger partial charge in [-0.25, -0.2) is 5.43 Å². The molecule has 0 radical (unpaired) electrons. The summed E-state index contributed by atoms with van der Waals surface area (Å²) in [6.07, 6.45) is 3.17. The summed E-state index contributed by atoms with van der Waals surface area (Å²) >= 11 is 6.14. The number of aromatic nitrogens is 1. The quantitative estimate of drug-likeness (QED) is 0.215. The number of aromatic amines is 1. The fourth-order valence-corrected chi connectivity index (χ4v) is 3.61. The summed E-state index contributed by atoms with van der Waals surface area (Å²) in [6, 6.07) is 23.7. The molecule has 0 aliphatic heterocycles. The van der Waals surface area contributed by atoms with Crippen molar-refractivity contribution in [2.24, 2.45) is 5.10 Å². The molecule has 1 heterocycles. The van der Waals surface area contributed by atoms with Crippen LogP contribution in [-0.4, -0.2) is 23.0 Å². The zero-order valence-electron chi connectivity index (χ0n) is 17.8. The molecule has 4 rings (SSSR count). The second-order valence-electron chi connectivity index (χ2n) is 7.31. The summed E-state index contributed by atoms with van der Waals surface area (Å²) in [6.45, 7) is 1.94. The molecular formula is C26H21ClN4O2. The Morgan fingerprint density at radius 2 is 1.64 bits per heavy atom. The average molecular weight is 457 g/mol. The van der Waals surface area contributed by atoms with Crippen LogP contribution in [0.4, 0.5) is 0 Å². The Balaban J connectivity index is 1.57. The molecule has 4 aromatic rings. The lowest BCUT2D eigenvalue weighted by atomic mass is 10.1.